The van der Waals surface area contributed by atoms with Crippen LogP contribution in [0.2, 0.25) is 0 Å². The van der Waals surface area contributed by atoms with Crippen molar-refractivity contribution in [3.8, 4) is 5.75 Å². The van der Waals surface area contributed by atoms with Gasteiger partial charge in [-0.1, -0.05) is 13.8 Å². The van der Waals surface area contributed by atoms with Gasteiger partial charge >= 0.3 is 0 Å². The van der Waals surface area contributed by atoms with E-state index in [-0.39, 0.29) is 0 Å². The molecule has 3 nitrogen and oxygen atoms in total. The summed E-state index contributed by atoms with van der Waals surface area (Å²) >= 11 is 1.99. The first kappa shape index (κ1) is 14.3. The molecule has 0 radical (unpaired) electrons. The largest absolute Gasteiger partial charge is 0.495 e. The Labute approximate surface area is 108 Å². The molecule has 4 heteroatoms. The fourth-order valence-corrected chi connectivity index (χ4v) is 2.58. The zero-order valence-corrected chi connectivity index (χ0v) is 11.9. The molecule has 0 saturated heterocycles. The van der Waals surface area contributed by atoms with Gasteiger partial charge in [0.05, 0.1) is 13.3 Å². The zero-order valence-electron chi connectivity index (χ0n) is 11.1. The number of hydrogen-bond acceptors (Lipinski definition) is 4. The van der Waals surface area contributed by atoms with Gasteiger partial charge in [-0.25, -0.2) is 0 Å². The Morgan fingerprint density at radius 3 is 2.82 bits per heavy atom. The second-order valence-corrected chi connectivity index (χ2v) is 5.52. The van der Waals surface area contributed by atoms with Crippen molar-refractivity contribution in [1.82, 2.24) is 10.3 Å². The quantitative estimate of drug-likeness (QED) is 0.811. The highest BCUT2D eigenvalue weighted by atomic mass is 32.2. The van der Waals surface area contributed by atoms with E-state index in [1.165, 1.54) is 12.0 Å². The molecule has 1 aromatic heterocycles. The number of ether oxygens (including phenoxy) is 1. The Hall–Kier alpha value is -0.740. The molecule has 1 heterocycles. The number of thioether (sulfide) groups is 1. The second kappa shape index (κ2) is 7.56. The predicted octanol–water partition coefficient (Wildman–Crippen LogP) is 2.88. The van der Waals surface area contributed by atoms with Gasteiger partial charge in [0.15, 0.2) is 0 Å². The first-order valence-corrected chi connectivity index (χ1v) is 7.03. The smallest absolute Gasteiger partial charge is 0.137 e. The Morgan fingerprint density at radius 1 is 1.47 bits per heavy atom. The van der Waals surface area contributed by atoms with Crippen molar-refractivity contribution in [2.24, 2.45) is 0 Å². The summed E-state index contributed by atoms with van der Waals surface area (Å²) in [7, 11) is 3.66. The van der Waals surface area contributed by atoms with Gasteiger partial charge in [-0.15, -0.1) is 0 Å². The third-order valence-electron chi connectivity index (χ3n) is 2.84. The predicted molar refractivity (Wildman–Crippen MR) is 74.8 cm³/mol. The number of aromatic nitrogens is 1. The maximum absolute atomic E-state index is 5.20. The molecule has 0 aliphatic carbocycles. The molecule has 1 N–H and O–H groups in total. The third-order valence-corrected chi connectivity index (χ3v) is 4.27. The van der Waals surface area contributed by atoms with Gasteiger partial charge in [0, 0.05) is 23.2 Å². The number of rotatable bonds is 7. The van der Waals surface area contributed by atoms with Gasteiger partial charge in [-0.3, -0.25) is 4.98 Å². The van der Waals surface area contributed by atoms with E-state index in [1.54, 1.807) is 13.3 Å². The van der Waals surface area contributed by atoms with E-state index in [2.05, 4.69) is 24.1 Å². The Balaban J connectivity index is 2.65. The summed E-state index contributed by atoms with van der Waals surface area (Å²) < 4.78 is 5.20. The third kappa shape index (κ3) is 4.56. The standard InChI is InChI=1S/C13H22N2OS/c1-5-10(2)17-9-13(14-3)11-6-12(16-4)8-15-7-11/h6-8,10,13-14H,5,9H2,1-4H3. The minimum absolute atomic E-state index is 0.330. The summed E-state index contributed by atoms with van der Waals surface area (Å²) in [6.07, 6.45) is 4.84. The number of nitrogens with zero attached hydrogens (tertiary/aromatic N) is 1. The topological polar surface area (TPSA) is 34.2 Å². The van der Waals surface area contributed by atoms with Gasteiger partial charge in [-0.2, -0.15) is 11.8 Å². The highest BCUT2D eigenvalue weighted by Gasteiger charge is 2.12. The van der Waals surface area contributed by atoms with Crippen LogP contribution in [0, 0.1) is 0 Å². The van der Waals surface area contributed by atoms with Crippen LogP contribution in [0.4, 0.5) is 0 Å². The van der Waals surface area contributed by atoms with Crippen LogP contribution in [-0.2, 0) is 0 Å². The summed E-state index contributed by atoms with van der Waals surface area (Å²) in [4.78, 5) is 4.20. The average Bonchev–Trinajstić information content (AvgIpc) is 2.39. The molecule has 96 valence electrons. The maximum Gasteiger partial charge on any atom is 0.137 e. The summed E-state index contributed by atoms with van der Waals surface area (Å²) in [6.45, 7) is 4.49. The molecule has 0 saturated carbocycles. The highest BCUT2D eigenvalue weighted by Crippen LogP contribution is 2.24. The van der Waals surface area contributed by atoms with Crippen LogP contribution in [-0.4, -0.2) is 30.1 Å². The minimum Gasteiger partial charge on any atom is -0.495 e. The van der Waals surface area contributed by atoms with E-state index in [9.17, 15) is 0 Å². The fraction of sp³-hybridized carbons (Fsp3) is 0.615. The molecule has 2 unspecified atom stereocenters. The summed E-state index contributed by atoms with van der Waals surface area (Å²) in [5, 5.41) is 4.03. The van der Waals surface area contributed by atoms with E-state index in [0.717, 1.165) is 11.5 Å². The van der Waals surface area contributed by atoms with Crippen LogP contribution >= 0.6 is 11.8 Å². The molecule has 0 amide bonds. The molecule has 0 bridgehead atoms. The minimum atomic E-state index is 0.330. The number of nitrogens with one attached hydrogen (secondary N) is 1. The van der Waals surface area contributed by atoms with E-state index < -0.39 is 0 Å². The van der Waals surface area contributed by atoms with Crippen molar-refractivity contribution in [1.29, 1.82) is 0 Å². The molecule has 0 aliphatic heterocycles. The van der Waals surface area contributed by atoms with Crippen molar-refractivity contribution < 1.29 is 4.74 Å². The summed E-state index contributed by atoms with van der Waals surface area (Å²) in [5.74, 6) is 1.87. The lowest BCUT2D eigenvalue weighted by Gasteiger charge is -2.18. The Morgan fingerprint density at radius 2 is 2.24 bits per heavy atom. The lowest BCUT2D eigenvalue weighted by molar-refractivity contribution is 0.411. The zero-order chi connectivity index (χ0) is 12.7. The maximum atomic E-state index is 5.20. The number of hydrogen-bond donors (Lipinski definition) is 1. The first-order chi connectivity index (χ1) is 8.21. The molecule has 0 spiro atoms. The van der Waals surface area contributed by atoms with E-state index >= 15 is 0 Å². The fourth-order valence-electron chi connectivity index (χ4n) is 1.46. The molecule has 0 aliphatic rings. The van der Waals surface area contributed by atoms with Gasteiger partial charge in [0.2, 0.25) is 0 Å². The normalized spacial score (nSPS) is 14.4. The average molecular weight is 254 g/mol. The number of methoxy groups -OCH3 is 1. The second-order valence-electron chi connectivity index (χ2n) is 4.05. The first-order valence-electron chi connectivity index (χ1n) is 5.99. The van der Waals surface area contributed by atoms with Crippen LogP contribution in [0.5, 0.6) is 5.75 Å². The van der Waals surface area contributed by atoms with E-state index in [4.69, 9.17) is 4.74 Å². The summed E-state index contributed by atoms with van der Waals surface area (Å²) in [6, 6.07) is 2.38. The Kier molecular flexibility index (Phi) is 6.37. The summed E-state index contributed by atoms with van der Waals surface area (Å²) in [5.41, 5.74) is 1.18. The highest BCUT2D eigenvalue weighted by molar-refractivity contribution is 7.99. The molecule has 0 aromatic carbocycles. The van der Waals surface area contributed by atoms with Crippen LogP contribution < -0.4 is 10.1 Å². The van der Waals surface area contributed by atoms with Crippen LogP contribution in [0.15, 0.2) is 18.5 Å². The monoisotopic (exact) mass is 254 g/mol. The van der Waals surface area contributed by atoms with Crippen molar-refractivity contribution in [2.75, 3.05) is 19.9 Å². The lowest BCUT2D eigenvalue weighted by Crippen LogP contribution is -2.20. The van der Waals surface area contributed by atoms with Crippen LogP contribution in [0.25, 0.3) is 0 Å². The molecule has 0 fully saturated rings. The Bertz CT molecular complexity index is 333. The van der Waals surface area contributed by atoms with Gasteiger partial charge in [0.25, 0.3) is 0 Å². The molecular weight excluding hydrogens is 232 g/mol. The van der Waals surface area contributed by atoms with Crippen molar-refractivity contribution in [3.63, 3.8) is 0 Å². The molecule has 17 heavy (non-hydrogen) atoms. The van der Waals surface area contributed by atoms with Gasteiger partial charge < -0.3 is 10.1 Å². The lowest BCUT2D eigenvalue weighted by atomic mass is 10.1. The SMILES string of the molecule is CCC(C)SCC(NC)c1cncc(OC)c1. The van der Waals surface area contributed by atoms with Crippen LogP contribution in [0.3, 0.4) is 0 Å². The van der Waals surface area contributed by atoms with Gasteiger partial charge in [-0.05, 0) is 25.1 Å². The molecule has 1 aromatic rings. The molecular formula is C13H22N2OS. The van der Waals surface area contributed by atoms with Crippen molar-refractivity contribution >= 4 is 11.8 Å². The van der Waals surface area contributed by atoms with Gasteiger partial charge in [0.1, 0.15) is 5.75 Å². The van der Waals surface area contributed by atoms with E-state index in [0.29, 0.717) is 11.3 Å². The molecule has 1 rings (SSSR count). The van der Waals surface area contributed by atoms with E-state index in [1.807, 2.05) is 31.1 Å². The van der Waals surface area contributed by atoms with Crippen LogP contribution in [0.1, 0.15) is 31.9 Å². The van der Waals surface area contributed by atoms with Crippen molar-refractivity contribution in [3.05, 3.63) is 24.0 Å². The molecule has 2 atom stereocenters. The van der Waals surface area contributed by atoms with Crippen molar-refractivity contribution in [2.45, 2.75) is 31.6 Å². The number of pyridine rings is 1.